The van der Waals surface area contributed by atoms with Crippen LogP contribution in [0.5, 0.6) is 0 Å². The normalized spacial score (nSPS) is 10.0. The molecule has 23 heavy (non-hydrogen) atoms. The number of carbonyl (C=O) groups excluding carboxylic acids is 1. The lowest BCUT2D eigenvalue weighted by atomic mass is 10.1. The number of nitriles is 1. The lowest BCUT2D eigenvalue weighted by Crippen LogP contribution is -2.22. The molecule has 6 heteroatoms. The van der Waals surface area contributed by atoms with Crippen molar-refractivity contribution in [1.29, 1.82) is 5.26 Å². The van der Waals surface area contributed by atoms with Gasteiger partial charge in [-0.15, -0.1) is 0 Å². The van der Waals surface area contributed by atoms with E-state index in [0.717, 1.165) is 5.56 Å². The van der Waals surface area contributed by atoms with Crippen molar-refractivity contribution < 1.29 is 9.32 Å². The predicted molar refractivity (Wildman–Crippen MR) is 82.1 cm³/mol. The number of nitrogens with one attached hydrogen (secondary N) is 1. The van der Waals surface area contributed by atoms with Gasteiger partial charge in [0.1, 0.15) is 0 Å². The highest BCUT2D eigenvalue weighted by Gasteiger charge is 2.10. The molecule has 0 atom stereocenters. The van der Waals surface area contributed by atoms with E-state index in [0.29, 0.717) is 22.8 Å². The zero-order valence-corrected chi connectivity index (χ0v) is 12.1. The minimum absolute atomic E-state index is 0.138. The van der Waals surface area contributed by atoms with E-state index in [2.05, 4.69) is 15.5 Å². The van der Waals surface area contributed by atoms with Crippen molar-refractivity contribution in [1.82, 2.24) is 15.5 Å². The molecule has 1 aromatic heterocycles. The summed E-state index contributed by atoms with van der Waals surface area (Å²) in [7, 11) is 0. The maximum absolute atomic E-state index is 12.0. The van der Waals surface area contributed by atoms with Gasteiger partial charge in [0.15, 0.2) is 0 Å². The molecule has 1 N–H and O–H groups in total. The van der Waals surface area contributed by atoms with Crippen molar-refractivity contribution in [3.63, 3.8) is 0 Å². The zero-order valence-electron chi connectivity index (χ0n) is 12.1. The number of nitrogens with zero attached hydrogens (tertiary/aromatic N) is 3. The minimum atomic E-state index is -0.269. The smallest absolute Gasteiger partial charge is 0.251 e. The second-order valence-electron chi connectivity index (χ2n) is 4.75. The molecule has 112 valence electrons. The third-order valence-electron chi connectivity index (χ3n) is 3.18. The molecule has 0 aliphatic rings. The molecule has 0 spiro atoms. The summed E-state index contributed by atoms with van der Waals surface area (Å²) >= 11 is 0. The molecule has 0 bridgehead atoms. The molecular weight excluding hydrogens is 292 g/mol. The lowest BCUT2D eigenvalue weighted by Gasteiger charge is -2.02. The summed E-state index contributed by atoms with van der Waals surface area (Å²) in [5.41, 5.74) is 1.82. The van der Waals surface area contributed by atoms with Gasteiger partial charge in [0.25, 0.3) is 5.91 Å². The zero-order chi connectivity index (χ0) is 16.1. The SMILES string of the molecule is N#Cc1ccc(C(=O)NCc2nc(-c3ccccc3)no2)cc1. The summed E-state index contributed by atoms with van der Waals surface area (Å²) in [4.78, 5) is 16.2. The number of hydrogen-bond donors (Lipinski definition) is 1. The van der Waals surface area contributed by atoms with E-state index in [4.69, 9.17) is 9.78 Å². The van der Waals surface area contributed by atoms with E-state index in [1.54, 1.807) is 24.3 Å². The van der Waals surface area contributed by atoms with Gasteiger partial charge in [0.05, 0.1) is 18.2 Å². The summed E-state index contributed by atoms with van der Waals surface area (Å²) in [6, 6.07) is 17.8. The first-order valence-electron chi connectivity index (χ1n) is 6.92. The van der Waals surface area contributed by atoms with E-state index >= 15 is 0 Å². The van der Waals surface area contributed by atoms with Crippen molar-refractivity contribution in [2.45, 2.75) is 6.54 Å². The van der Waals surface area contributed by atoms with Crippen molar-refractivity contribution in [2.24, 2.45) is 0 Å². The molecule has 0 aliphatic heterocycles. The van der Waals surface area contributed by atoms with Crippen LogP contribution < -0.4 is 5.32 Å². The molecule has 2 aromatic carbocycles. The molecule has 0 unspecified atom stereocenters. The molecule has 6 nitrogen and oxygen atoms in total. The fourth-order valence-electron chi connectivity index (χ4n) is 1.99. The molecule has 0 radical (unpaired) electrons. The average Bonchev–Trinajstić information content (AvgIpc) is 3.09. The molecule has 1 heterocycles. The Morgan fingerprint density at radius 1 is 1.13 bits per heavy atom. The van der Waals surface area contributed by atoms with E-state index < -0.39 is 0 Å². The Balaban J connectivity index is 1.63. The summed E-state index contributed by atoms with van der Waals surface area (Å²) in [5, 5.41) is 15.3. The summed E-state index contributed by atoms with van der Waals surface area (Å²) < 4.78 is 5.12. The first kappa shape index (κ1) is 14.5. The molecule has 0 saturated heterocycles. The van der Waals surface area contributed by atoms with Gasteiger partial charge in [-0.1, -0.05) is 35.5 Å². The van der Waals surface area contributed by atoms with Gasteiger partial charge in [0.2, 0.25) is 11.7 Å². The Morgan fingerprint density at radius 2 is 1.87 bits per heavy atom. The molecule has 1 amide bonds. The Kier molecular flexibility index (Phi) is 4.11. The number of hydrogen-bond acceptors (Lipinski definition) is 5. The largest absolute Gasteiger partial charge is 0.343 e. The number of carbonyl (C=O) groups is 1. The Labute approximate surface area is 132 Å². The van der Waals surface area contributed by atoms with Crippen molar-refractivity contribution >= 4 is 5.91 Å². The predicted octanol–water partition coefficient (Wildman–Crippen LogP) is 2.54. The molecule has 3 rings (SSSR count). The van der Waals surface area contributed by atoms with Gasteiger partial charge >= 0.3 is 0 Å². The maximum atomic E-state index is 12.0. The molecular formula is C17H12N4O2. The van der Waals surface area contributed by atoms with Crippen LogP contribution in [0.25, 0.3) is 11.4 Å². The van der Waals surface area contributed by atoms with Crippen LogP contribution in [0.3, 0.4) is 0 Å². The Hall–Kier alpha value is -3.46. The summed E-state index contributed by atoms with van der Waals surface area (Å²) in [5.74, 6) is 0.535. The van der Waals surface area contributed by atoms with Crippen molar-refractivity contribution in [3.05, 3.63) is 71.6 Å². The van der Waals surface area contributed by atoms with Crippen LogP contribution in [0.2, 0.25) is 0 Å². The van der Waals surface area contributed by atoms with Gasteiger partial charge < -0.3 is 9.84 Å². The summed E-state index contributed by atoms with van der Waals surface area (Å²) in [6.07, 6.45) is 0. The van der Waals surface area contributed by atoms with E-state index in [1.807, 2.05) is 36.4 Å². The van der Waals surface area contributed by atoms with Crippen molar-refractivity contribution in [3.8, 4) is 17.5 Å². The number of aromatic nitrogens is 2. The Morgan fingerprint density at radius 3 is 2.57 bits per heavy atom. The van der Waals surface area contributed by atoms with Gasteiger partial charge in [-0.3, -0.25) is 4.79 Å². The second-order valence-corrected chi connectivity index (χ2v) is 4.75. The monoisotopic (exact) mass is 304 g/mol. The van der Waals surface area contributed by atoms with Crippen LogP contribution in [-0.4, -0.2) is 16.0 Å². The van der Waals surface area contributed by atoms with Gasteiger partial charge in [0, 0.05) is 11.1 Å². The van der Waals surface area contributed by atoms with E-state index in [-0.39, 0.29) is 12.5 Å². The third-order valence-corrected chi connectivity index (χ3v) is 3.18. The minimum Gasteiger partial charge on any atom is -0.343 e. The first-order chi connectivity index (χ1) is 11.3. The van der Waals surface area contributed by atoms with Gasteiger partial charge in [-0.2, -0.15) is 10.2 Å². The number of amides is 1. The second kappa shape index (κ2) is 6.54. The lowest BCUT2D eigenvalue weighted by molar-refractivity contribution is 0.0946. The van der Waals surface area contributed by atoms with Crippen LogP contribution >= 0.6 is 0 Å². The van der Waals surface area contributed by atoms with E-state index in [1.165, 1.54) is 0 Å². The molecule has 0 saturated carbocycles. The van der Waals surface area contributed by atoms with Crippen LogP contribution in [-0.2, 0) is 6.54 Å². The third kappa shape index (κ3) is 3.41. The van der Waals surface area contributed by atoms with Gasteiger partial charge in [-0.05, 0) is 24.3 Å². The topological polar surface area (TPSA) is 91.8 Å². The number of benzene rings is 2. The fourth-order valence-corrected chi connectivity index (χ4v) is 1.99. The van der Waals surface area contributed by atoms with Crippen LogP contribution in [0.1, 0.15) is 21.8 Å². The highest BCUT2D eigenvalue weighted by Crippen LogP contribution is 2.14. The molecule has 0 aliphatic carbocycles. The van der Waals surface area contributed by atoms with Crippen LogP contribution in [0.15, 0.2) is 59.1 Å². The fraction of sp³-hybridized carbons (Fsp3) is 0.0588. The quantitative estimate of drug-likeness (QED) is 0.799. The molecule has 3 aromatic rings. The number of rotatable bonds is 4. The van der Waals surface area contributed by atoms with Gasteiger partial charge in [-0.25, -0.2) is 0 Å². The van der Waals surface area contributed by atoms with Crippen LogP contribution in [0.4, 0.5) is 0 Å². The molecule has 0 fully saturated rings. The standard InChI is InChI=1S/C17H12N4O2/c18-10-12-6-8-14(9-7-12)17(22)19-11-15-20-16(21-23-15)13-4-2-1-3-5-13/h1-9H,11H2,(H,19,22). The Bertz CT molecular complexity index is 848. The first-order valence-corrected chi connectivity index (χ1v) is 6.92. The summed E-state index contributed by atoms with van der Waals surface area (Å²) in [6.45, 7) is 0.138. The average molecular weight is 304 g/mol. The highest BCUT2D eigenvalue weighted by atomic mass is 16.5. The van der Waals surface area contributed by atoms with Crippen LogP contribution in [0, 0.1) is 11.3 Å². The maximum Gasteiger partial charge on any atom is 0.251 e. The van der Waals surface area contributed by atoms with E-state index in [9.17, 15) is 4.79 Å². The highest BCUT2D eigenvalue weighted by molar-refractivity contribution is 5.94. The van der Waals surface area contributed by atoms with Crippen molar-refractivity contribution in [2.75, 3.05) is 0 Å².